The molecule has 0 aromatic heterocycles. The monoisotopic (exact) mass is 810 g/mol. The van der Waals surface area contributed by atoms with Crippen LogP contribution in [0.5, 0.6) is 0 Å². The second-order valence-corrected chi connectivity index (χ2v) is 13.8. The third-order valence-corrected chi connectivity index (χ3v) is 8.53. The third-order valence-electron chi connectivity index (χ3n) is 7.20. The quantitative estimate of drug-likeness (QED) is 0.0610. The molecule has 9 nitrogen and oxygen atoms in total. The van der Waals surface area contributed by atoms with Crippen LogP contribution in [0.4, 0.5) is 0 Å². The highest BCUT2D eigenvalue weighted by Gasteiger charge is 2.15. The Kier molecular flexibility index (Phi) is 42.2. The number of hydrogen-bond acceptors (Lipinski definition) is 9. The van der Waals surface area contributed by atoms with Gasteiger partial charge in [-0.2, -0.15) is 8.42 Å². The van der Waals surface area contributed by atoms with Crippen LogP contribution in [0.1, 0.15) is 102 Å². The van der Waals surface area contributed by atoms with Crippen molar-refractivity contribution in [1.29, 1.82) is 0 Å². The van der Waals surface area contributed by atoms with Gasteiger partial charge in [-0.05, 0) is 83.3 Å². The van der Waals surface area contributed by atoms with Gasteiger partial charge in [-0.3, -0.25) is 4.18 Å². The molecule has 1 aromatic carbocycles. The predicted molar refractivity (Wildman–Crippen MR) is 233 cm³/mol. The molecule has 10 heteroatoms. The Hall–Kier alpha value is -3.73. The Morgan fingerprint density at radius 3 is 1.79 bits per heavy atom. The van der Waals surface area contributed by atoms with Gasteiger partial charge in [-0.25, -0.2) is 0 Å². The van der Waals surface area contributed by atoms with Crippen molar-refractivity contribution in [2.24, 2.45) is 0 Å². The largest absolute Gasteiger partial charge is 0.396 e. The topological polar surface area (TPSA) is 121 Å². The molecule has 1 aromatic rings. The minimum Gasteiger partial charge on any atom is -0.396 e. The summed E-state index contributed by atoms with van der Waals surface area (Å²) in [5, 5.41) is 16.5. The molecule has 2 unspecified atom stereocenters. The summed E-state index contributed by atoms with van der Waals surface area (Å²) in [4.78, 5) is 0.205. The van der Waals surface area contributed by atoms with Gasteiger partial charge in [0.15, 0.2) is 12.6 Å². The van der Waals surface area contributed by atoms with Gasteiger partial charge in [-0.1, -0.05) is 66.0 Å². The lowest BCUT2D eigenvalue weighted by Crippen LogP contribution is -2.22. The average molecular weight is 811 g/mol. The van der Waals surface area contributed by atoms with Crippen LogP contribution < -0.4 is 0 Å². The molecule has 0 aliphatic carbocycles. The second kappa shape index (κ2) is 43.4. The van der Waals surface area contributed by atoms with E-state index in [1.165, 1.54) is 19.3 Å². The summed E-state index contributed by atoms with van der Waals surface area (Å²) in [5.74, 6) is 14.1. The van der Waals surface area contributed by atoms with E-state index < -0.39 is 10.1 Å². The van der Waals surface area contributed by atoms with Crippen LogP contribution in [-0.2, 0) is 33.2 Å². The highest BCUT2D eigenvalue weighted by Crippen LogP contribution is 2.15. The number of terminal acetylenes is 1. The normalized spacial score (nSPS) is 15.5. The van der Waals surface area contributed by atoms with Gasteiger partial charge in [0.25, 0.3) is 10.1 Å². The van der Waals surface area contributed by atoms with Crippen molar-refractivity contribution in [1.82, 2.24) is 0 Å². The van der Waals surface area contributed by atoms with Crippen LogP contribution in [0.2, 0.25) is 0 Å². The first kappa shape index (κ1) is 55.4. The van der Waals surface area contributed by atoms with Gasteiger partial charge >= 0.3 is 0 Å². The number of aryl methyl sites for hydroxylation is 1. The number of allylic oxidation sites excluding steroid dienone is 5. The number of aliphatic hydroxyl groups excluding tert-OH is 2. The fraction of sp³-hybridized carbons (Fsp3) is 0.532. The zero-order valence-electron chi connectivity index (χ0n) is 34.6. The first-order valence-corrected chi connectivity index (χ1v) is 21.2. The highest BCUT2D eigenvalue weighted by molar-refractivity contribution is 7.86. The molecule has 2 heterocycles. The number of unbranched alkanes of at least 4 members (excludes halogenated alkanes) is 1. The number of aliphatic hydroxyl groups is 2. The van der Waals surface area contributed by atoms with Gasteiger partial charge in [0.1, 0.15) is 0 Å². The van der Waals surface area contributed by atoms with Crippen molar-refractivity contribution in [2.75, 3.05) is 46.2 Å². The van der Waals surface area contributed by atoms with Crippen molar-refractivity contribution in [2.45, 2.75) is 121 Å². The van der Waals surface area contributed by atoms with E-state index in [2.05, 4.69) is 55.9 Å². The second-order valence-electron chi connectivity index (χ2n) is 12.2. The fourth-order valence-electron chi connectivity index (χ4n) is 4.25. The molecule has 0 amide bonds. The van der Waals surface area contributed by atoms with Crippen LogP contribution in [-0.4, -0.2) is 77.5 Å². The van der Waals surface area contributed by atoms with E-state index in [9.17, 15) is 8.42 Å². The molecule has 0 bridgehead atoms. The zero-order valence-corrected chi connectivity index (χ0v) is 35.4. The molecule has 2 aliphatic rings. The van der Waals surface area contributed by atoms with Crippen molar-refractivity contribution >= 4 is 10.1 Å². The highest BCUT2D eigenvalue weighted by atomic mass is 32.2. The molecule has 2 atom stereocenters. The Balaban J connectivity index is 0. The average Bonchev–Trinajstić information content (AvgIpc) is 3.23. The molecule has 3 rings (SSSR count). The maximum Gasteiger partial charge on any atom is 0.296 e. The summed E-state index contributed by atoms with van der Waals surface area (Å²) in [7, 11) is -3.59. The van der Waals surface area contributed by atoms with Gasteiger partial charge in [0.2, 0.25) is 0 Å². The van der Waals surface area contributed by atoms with Crippen LogP contribution in [0, 0.1) is 42.9 Å². The van der Waals surface area contributed by atoms with Crippen LogP contribution in [0.15, 0.2) is 91.9 Å². The van der Waals surface area contributed by atoms with E-state index in [1.54, 1.807) is 42.5 Å². The Morgan fingerprint density at radius 1 is 0.737 bits per heavy atom. The first-order valence-electron chi connectivity index (χ1n) is 19.8. The predicted octanol–water partition coefficient (Wildman–Crippen LogP) is 9.17. The Morgan fingerprint density at radius 2 is 1.32 bits per heavy atom. The molecule has 318 valence electrons. The molecule has 0 saturated carbocycles. The van der Waals surface area contributed by atoms with Gasteiger partial charge < -0.3 is 29.2 Å². The summed E-state index contributed by atoms with van der Waals surface area (Å²) >= 11 is 0. The lowest BCUT2D eigenvalue weighted by atomic mass is 10.2. The summed E-state index contributed by atoms with van der Waals surface area (Å²) in [6.07, 6.45) is 29.5. The molecule has 0 radical (unpaired) electrons. The minimum atomic E-state index is -3.59. The van der Waals surface area contributed by atoms with Gasteiger partial charge in [0, 0.05) is 51.9 Å². The smallest absolute Gasteiger partial charge is 0.296 e. The Bertz CT molecular complexity index is 1430. The lowest BCUT2D eigenvalue weighted by molar-refractivity contribution is -0.161. The SMILES string of the molecule is C#CCCOC1CCCCO1.C=CC/C=C/CCO.C=CCC#CCCO.C=CCC#CCCOC1CCCCO1.C=CCCCOS(=O)(=O)c1ccc(C)cc1. The van der Waals surface area contributed by atoms with Crippen LogP contribution in [0.25, 0.3) is 0 Å². The van der Waals surface area contributed by atoms with E-state index >= 15 is 0 Å². The maximum atomic E-state index is 11.7. The summed E-state index contributed by atoms with van der Waals surface area (Å²) in [5.41, 5.74) is 1.02. The van der Waals surface area contributed by atoms with Crippen LogP contribution >= 0.6 is 0 Å². The molecular weight excluding hydrogens is 741 g/mol. The summed E-state index contributed by atoms with van der Waals surface area (Å²) in [6, 6.07) is 6.61. The molecular formula is C47H70O9S. The molecule has 0 spiro atoms. The third kappa shape index (κ3) is 38.9. The van der Waals surface area contributed by atoms with Crippen molar-refractivity contribution < 1.29 is 41.8 Å². The van der Waals surface area contributed by atoms with Crippen molar-refractivity contribution in [3.63, 3.8) is 0 Å². The van der Waals surface area contributed by atoms with Gasteiger partial charge in [0.05, 0.1) is 31.3 Å². The number of hydrogen-bond donors (Lipinski definition) is 2. The van der Waals surface area contributed by atoms with Gasteiger partial charge in [-0.15, -0.1) is 50.5 Å². The van der Waals surface area contributed by atoms with E-state index in [0.717, 1.165) is 76.6 Å². The minimum absolute atomic E-state index is 0.0112. The number of rotatable bonds is 19. The van der Waals surface area contributed by atoms with E-state index in [4.69, 9.17) is 39.8 Å². The summed E-state index contributed by atoms with van der Waals surface area (Å²) < 4.78 is 49.8. The lowest BCUT2D eigenvalue weighted by Gasteiger charge is -2.22. The fourth-order valence-corrected chi connectivity index (χ4v) is 5.19. The van der Waals surface area contributed by atoms with Crippen molar-refractivity contribution in [3.05, 3.63) is 92.6 Å². The zero-order chi connectivity index (χ0) is 42.5. The summed E-state index contributed by atoms with van der Waals surface area (Å²) in [6.45, 7) is 19.7. The van der Waals surface area contributed by atoms with E-state index in [1.807, 2.05) is 25.2 Å². The van der Waals surface area contributed by atoms with E-state index in [0.29, 0.717) is 32.5 Å². The molecule has 2 saturated heterocycles. The molecule has 2 N–H and O–H groups in total. The number of benzene rings is 1. The maximum absolute atomic E-state index is 11.7. The Labute approximate surface area is 346 Å². The standard InChI is InChI=1S/C12H16O3S.C12H18O2.C9H14O2.C7H12O.C7H10O/c1-3-4-5-10-15-16(13,14)12-8-6-11(2)7-9-12;1-2-3-4-5-7-10-13-12-9-6-8-11-14-12;1-2-3-7-10-9-6-4-5-8-11-9;2*1-2-3-4-5-6-7-8/h3,6-9H,1,4-5,10H2,2H3;2,12H,1,3,6-11H2;1,9H,3-8H2;2,4-5,8H,1,3,6-7H2;2,8H,1,3,6-7H2/b;;;5-4+;. The molecule has 57 heavy (non-hydrogen) atoms. The molecule has 2 aliphatic heterocycles. The van der Waals surface area contributed by atoms with Crippen LogP contribution in [0.3, 0.4) is 0 Å². The number of ether oxygens (including phenoxy) is 4. The van der Waals surface area contributed by atoms with E-state index in [-0.39, 0.29) is 37.3 Å². The first-order chi connectivity index (χ1) is 27.8. The molecule has 2 fully saturated rings. The van der Waals surface area contributed by atoms with Crippen molar-refractivity contribution in [3.8, 4) is 36.0 Å².